The number of carbonyl (C=O) groups is 1. The third kappa shape index (κ3) is 8.50. The van der Waals surface area contributed by atoms with Crippen molar-refractivity contribution in [2.24, 2.45) is 17.3 Å². The third-order valence-corrected chi connectivity index (χ3v) is 6.31. The summed E-state index contributed by atoms with van der Waals surface area (Å²) in [5.41, 5.74) is 1.36. The van der Waals surface area contributed by atoms with Gasteiger partial charge in [0.2, 0.25) is 10.4 Å². The Hall–Kier alpha value is -0.570. The first kappa shape index (κ1) is 23.4. The summed E-state index contributed by atoms with van der Waals surface area (Å²) < 4.78 is 36.4. The Bertz CT molecular complexity index is 535. The van der Waals surface area contributed by atoms with Crippen LogP contribution in [0, 0.1) is 17.3 Å². The van der Waals surface area contributed by atoms with Crippen LogP contribution >= 0.6 is 0 Å². The van der Waals surface area contributed by atoms with Crippen LogP contribution in [0.4, 0.5) is 0 Å². The molecular formula is C16H30O6S2. The maximum atomic E-state index is 12.0. The van der Waals surface area contributed by atoms with Crippen molar-refractivity contribution in [3.63, 3.8) is 0 Å². The fraction of sp³-hybridized carbons (Fsp3) is 0.812. The molecule has 3 atom stereocenters. The van der Waals surface area contributed by atoms with Gasteiger partial charge in [-0.1, -0.05) is 25.5 Å². The molecule has 1 rings (SSSR count). The zero-order valence-corrected chi connectivity index (χ0v) is 17.3. The summed E-state index contributed by atoms with van der Waals surface area (Å²) in [5, 5.41) is 0. The van der Waals surface area contributed by atoms with Crippen LogP contribution in [0.3, 0.4) is 0 Å². The lowest BCUT2D eigenvalue weighted by Gasteiger charge is -2.05. The van der Waals surface area contributed by atoms with Crippen LogP contribution in [-0.2, 0) is 35.0 Å². The number of hydrogen-bond acceptors (Lipinski definition) is 6. The zero-order valence-electron chi connectivity index (χ0n) is 15.6. The minimum atomic E-state index is -4.41. The van der Waals surface area contributed by atoms with Crippen LogP contribution in [0.15, 0.2) is 11.6 Å². The van der Waals surface area contributed by atoms with Gasteiger partial charge >= 0.3 is 5.97 Å². The first-order valence-corrected chi connectivity index (χ1v) is 11.1. The van der Waals surface area contributed by atoms with Gasteiger partial charge in [0.05, 0.1) is 19.3 Å². The van der Waals surface area contributed by atoms with Crippen LogP contribution in [-0.4, -0.2) is 50.4 Å². The lowest BCUT2D eigenvalue weighted by Crippen LogP contribution is -2.18. The summed E-state index contributed by atoms with van der Waals surface area (Å²) in [5.74, 6) is 2.60. The van der Waals surface area contributed by atoms with Crippen molar-refractivity contribution in [2.45, 2.75) is 34.6 Å². The van der Waals surface area contributed by atoms with Gasteiger partial charge in [0, 0.05) is 0 Å². The van der Waals surface area contributed by atoms with Gasteiger partial charge in [-0.25, -0.2) is 8.42 Å². The van der Waals surface area contributed by atoms with Gasteiger partial charge in [0.25, 0.3) is 0 Å². The molecule has 0 N–H and O–H groups in total. The van der Waals surface area contributed by atoms with E-state index in [2.05, 4.69) is 51.1 Å². The van der Waals surface area contributed by atoms with E-state index in [1.54, 1.807) is 0 Å². The average molecular weight is 383 g/mol. The molecule has 142 valence electrons. The number of ether oxygens (including phenoxy) is 1. The smallest absolute Gasteiger partial charge is 0.310 e. The molecule has 0 aromatic rings. The largest absolute Gasteiger partial charge is 0.726 e. The van der Waals surface area contributed by atoms with Gasteiger partial charge in [-0.2, -0.15) is 0 Å². The highest BCUT2D eigenvalue weighted by Gasteiger charge is 2.61. The molecule has 0 heterocycles. The van der Waals surface area contributed by atoms with Gasteiger partial charge in [-0.05, 0) is 43.0 Å². The summed E-state index contributed by atoms with van der Waals surface area (Å²) in [6.07, 6.45) is 4.43. The number of allylic oxidation sites excluding steroid dienone is 2. The molecule has 0 amide bonds. The quantitative estimate of drug-likeness (QED) is 0.220. The van der Waals surface area contributed by atoms with Gasteiger partial charge in [-0.15, -0.1) is 0 Å². The van der Waals surface area contributed by atoms with E-state index in [0.29, 0.717) is 23.4 Å². The Morgan fingerprint density at radius 3 is 2.21 bits per heavy atom. The average Bonchev–Trinajstić information content (AvgIpc) is 2.98. The summed E-state index contributed by atoms with van der Waals surface area (Å²) >= 11 is 0. The molecule has 1 aliphatic rings. The van der Waals surface area contributed by atoms with E-state index in [4.69, 9.17) is 4.74 Å². The minimum Gasteiger partial charge on any atom is -0.726 e. The van der Waals surface area contributed by atoms with Crippen molar-refractivity contribution in [1.29, 1.82) is 0 Å². The zero-order chi connectivity index (χ0) is 19.1. The topological polar surface area (TPSA) is 92.7 Å². The SMILES string of the molecule is CC[S+](C)CCOC(=O)C1C(C=C(C)C)C1(C)C.COS(=O)(=O)[O-]. The summed E-state index contributed by atoms with van der Waals surface area (Å²) in [6.45, 7) is 11.2. The molecule has 0 aromatic heterocycles. The van der Waals surface area contributed by atoms with E-state index in [1.165, 1.54) is 11.3 Å². The van der Waals surface area contributed by atoms with Crippen LogP contribution < -0.4 is 0 Å². The monoisotopic (exact) mass is 382 g/mol. The van der Waals surface area contributed by atoms with E-state index in [1.807, 2.05) is 0 Å². The van der Waals surface area contributed by atoms with Gasteiger partial charge in [0.15, 0.2) is 0 Å². The van der Waals surface area contributed by atoms with Crippen molar-refractivity contribution in [1.82, 2.24) is 0 Å². The number of rotatable bonds is 7. The molecular weight excluding hydrogens is 352 g/mol. The van der Waals surface area contributed by atoms with Crippen LogP contribution in [0.25, 0.3) is 0 Å². The van der Waals surface area contributed by atoms with Crippen molar-refractivity contribution >= 4 is 27.3 Å². The molecule has 1 saturated carbocycles. The first-order valence-electron chi connectivity index (χ1n) is 7.79. The maximum Gasteiger partial charge on any atom is 0.310 e. The van der Waals surface area contributed by atoms with Crippen molar-refractivity contribution in [3.8, 4) is 0 Å². The van der Waals surface area contributed by atoms with E-state index in [9.17, 15) is 17.8 Å². The standard InChI is InChI=1S/C15H27O2S.CH4O4S/c1-7-18(6)9-8-17-14(16)13-12(10-11(2)3)15(13,4)5;1-5-6(2,3)4/h10,12-13H,7-9H2,1-6H3;1H3,(H,2,3,4)/q+1;/p-1. The summed E-state index contributed by atoms with van der Waals surface area (Å²) in [6, 6.07) is 0. The van der Waals surface area contributed by atoms with Crippen LogP contribution in [0.1, 0.15) is 34.6 Å². The molecule has 0 aromatic carbocycles. The third-order valence-electron chi connectivity index (χ3n) is 4.05. The molecule has 0 radical (unpaired) electrons. The Labute approximate surface area is 149 Å². The summed E-state index contributed by atoms with van der Waals surface area (Å²) in [7, 11) is -3.22. The van der Waals surface area contributed by atoms with E-state index in [-0.39, 0.29) is 17.3 Å². The second-order valence-electron chi connectivity index (χ2n) is 6.59. The minimum absolute atomic E-state index is 0.00407. The highest BCUT2D eigenvalue weighted by Crippen LogP contribution is 2.59. The van der Waals surface area contributed by atoms with Crippen molar-refractivity contribution in [2.75, 3.05) is 31.5 Å². The molecule has 0 saturated heterocycles. The highest BCUT2D eigenvalue weighted by molar-refractivity contribution is 7.96. The van der Waals surface area contributed by atoms with Crippen LogP contribution in [0.2, 0.25) is 0 Å². The Kier molecular flexibility index (Phi) is 9.56. The molecule has 3 unspecified atom stereocenters. The fourth-order valence-corrected chi connectivity index (χ4v) is 2.97. The lowest BCUT2D eigenvalue weighted by molar-refractivity contribution is -0.145. The van der Waals surface area contributed by atoms with Crippen molar-refractivity contribution < 1.29 is 26.7 Å². The highest BCUT2D eigenvalue weighted by atomic mass is 32.3. The van der Waals surface area contributed by atoms with Gasteiger partial charge in [0.1, 0.15) is 18.1 Å². The molecule has 0 bridgehead atoms. The Balaban J connectivity index is 0.000000754. The summed E-state index contributed by atoms with van der Waals surface area (Å²) in [4.78, 5) is 12.0. The molecule has 0 aliphatic heterocycles. The number of esters is 1. The van der Waals surface area contributed by atoms with Crippen molar-refractivity contribution in [3.05, 3.63) is 11.6 Å². The molecule has 6 nitrogen and oxygen atoms in total. The normalized spacial score (nSPS) is 22.7. The predicted octanol–water partition coefficient (Wildman–Crippen LogP) is 2.13. The first-order chi connectivity index (χ1) is 10.9. The predicted molar refractivity (Wildman–Crippen MR) is 96.6 cm³/mol. The Morgan fingerprint density at radius 2 is 1.83 bits per heavy atom. The van der Waals surface area contributed by atoms with E-state index in [0.717, 1.165) is 12.9 Å². The molecule has 1 aliphatic carbocycles. The lowest BCUT2D eigenvalue weighted by atomic mass is 10.1. The molecule has 8 heteroatoms. The Morgan fingerprint density at radius 1 is 1.33 bits per heavy atom. The maximum absolute atomic E-state index is 12.0. The second kappa shape index (κ2) is 9.79. The number of hydrogen-bond donors (Lipinski definition) is 0. The second-order valence-corrected chi connectivity index (χ2v) is 10.3. The van der Waals surface area contributed by atoms with Gasteiger partial charge < -0.3 is 9.29 Å². The van der Waals surface area contributed by atoms with E-state index < -0.39 is 10.4 Å². The molecule has 1 fully saturated rings. The van der Waals surface area contributed by atoms with E-state index >= 15 is 0 Å². The van der Waals surface area contributed by atoms with Gasteiger partial charge in [-0.3, -0.25) is 8.98 Å². The van der Waals surface area contributed by atoms with Crippen LogP contribution in [0.5, 0.6) is 0 Å². The molecule has 0 spiro atoms. The number of carbonyl (C=O) groups excluding carboxylic acids is 1. The molecule has 24 heavy (non-hydrogen) atoms. The fourth-order valence-electron chi connectivity index (χ4n) is 2.32.